The highest BCUT2D eigenvalue weighted by Gasteiger charge is 2.29. The molecule has 20 heavy (non-hydrogen) atoms. The predicted molar refractivity (Wildman–Crippen MR) is 70.0 cm³/mol. The summed E-state index contributed by atoms with van der Waals surface area (Å²) in [7, 11) is 0. The Kier molecular flexibility index (Phi) is 4.75. The molecule has 0 bridgehead atoms. The number of para-hydroxylation sites is 2. The lowest BCUT2D eigenvalue weighted by atomic mass is 10.0. The number of nitrogens with one attached hydrogen (secondary N) is 1. The summed E-state index contributed by atoms with van der Waals surface area (Å²) in [6.45, 7) is 2.13. The van der Waals surface area contributed by atoms with Gasteiger partial charge in [-0.1, -0.05) is 12.1 Å². The van der Waals surface area contributed by atoms with Crippen molar-refractivity contribution in [2.45, 2.75) is 25.6 Å². The SMILES string of the molecule is CC(Nc1ccccc1OCC(F)(F)F)C1CCOC1. The lowest BCUT2D eigenvalue weighted by molar-refractivity contribution is -0.153. The van der Waals surface area contributed by atoms with E-state index in [2.05, 4.69) is 5.32 Å². The molecule has 0 aliphatic carbocycles. The number of halogens is 3. The van der Waals surface area contributed by atoms with Crippen molar-refractivity contribution in [3.05, 3.63) is 24.3 Å². The monoisotopic (exact) mass is 289 g/mol. The lowest BCUT2D eigenvalue weighted by Crippen LogP contribution is -2.26. The second-order valence-corrected chi connectivity index (χ2v) is 4.96. The maximum absolute atomic E-state index is 12.2. The molecule has 2 unspecified atom stereocenters. The zero-order chi connectivity index (χ0) is 14.6. The van der Waals surface area contributed by atoms with Crippen molar-refractivity contribution >= 4 is 5.69 Å². The molecule has 1 aliphatic rings. The van der Waals surface area contributed by atoms with Gasteiger partial charge in [0.15, 0.2) is 6.61 Å². The Labute approximate surface area is 116 Å². The summed E-state index contributed by atoms with van der Waals surface area (Å²) in [6.07, 6.45) is -3.38. The van der Waals surface area contributed by atoms with Crippen LogP contribution in [0.2, 0.25) is 0 Å². The highest BCUT2D eigenvalue weighted by Crippen LogP contribution is 2.29. The molecule has 1 N–H and O–H groups in total. The number of alkyl halides is 3. The number of benzene rings is 1. The van der Waals surface area contributed by atoms with Gasteiger partial charge in [0.1, 0.15) is 5.75 Å². The smallest absolute Gasteiger partial charge is 0.422 e. The topological polar surface area (TPSA) is 30.5 Å². The minimum Gasteiger partial charge on any atom is -0.482 e. The summed E-state index contributed by atoms with van der Waals surface area (Å²) >= 11 is 0. The second-order valence-electron chi connectivity index (χ2n) is 4.96. The summed E-state index contributed by atoms with van der Waals surface area (Å²) in [5, 5.41) is 3.22. The first-order valence-electron chi connectivity index (χ1n) is 6.58. The first-order chi connectivity index (χ1) is 9.46. The Morgan fingerprint density at radius 2 is 2.15 bits per heavy atom. The van der Waals surface area contributed by atoms with E-state index in [0.717, 1.165) is 13.0 Å². The zero-order valence-electron chi connectivity index (χ0n) is 11.2. The first-order valence-corrected chi connectivity index (χ1v) is 6.58. The molecule has 0 saturated carbocycles. The molecule has 1 aromatic carbocycles. The summed E-state index contributed by atoms with van der Waals surface area (Å²) in [4.78, 5) is 0. The van der Waals surface area contributed by atoms with Crippen LogP contribution in [0.15, 0.2) is 24.3 Å². The van der Waals surface area contributed by atoms with Gasteiger partial charge in [0.2, 0.25) is 0 Å². The van der Waals surface area contributed by atoms with Crippen molar-refractivity contribution < 1.29 is 22.6 Å². The van der Waals surface area contributed by atoms with E-state index in [4.69, 9.17) is 9.47 Å². The third-order valence-corrected chi connectivity index (χ3v) is 3.33. The van der Waals surface area contributed by atoms with E-state index >= 15 is 0 Å². The van der Waals surface area contributed by atoms with Gasteiger partial charge in [-0.25, -0.2) is 0 Å². The van der Waals surface area contributed by atoms with Crippen molar-refractivity contribution in [3.63, 3.8) is 0 Å². The molecule has 1 aliphatic heterocycles. The van der Waals surface area contributed by atoms with Gasteiger partial charge in [-0.15, -0.1) is 0 Å². The molecule has 1 aromatic rings. The van der Waals surface area contributed by atoms with Crippen LogP contribution in [0.5, 0.6) is 5.75 Å². The molecule has 1 fully saturated rings. The van der Waals surface area contributed by atoms with Crippen LogP contribution in [0.25, 0.3) is 0 Å². The summed E-state index contributed by atoms with van der Waals surface area (Å²) in [6, 6.07) is 6.79. The van der Waals surface area contributed by atoms with Crippen molar-refractivity contribution in [2.75, 3.05) is 25.1 Å². The molecule has 0 amide bonds. The average Bonchev–Trinajstić information content (AvgIpc) is 2.90. The Morgan fingerprint density at radius 3 is 2.80 bits per heavy atom. The number of anilines is 1. The van der Waals surface area contributed by atoms with Gasteiger partial charge >= 0.3 is 6.18 Å². The van der Waals surface area contributed by atoms with Crippen LogP contribution in [-0.4, -0.2) is 32.0 Å². The fourth-order valence-electron chi connectivity index (χ4n) is 2.18. The molecular weight excluding hydrogens is 271 g/mol. The van der Waals surface area contributed by atoms with Crippen molar-refractivity contribution in [1.82, 2.24) is 0 Å². The third kappa shape index (κ3) is 4.30. The maximum atomic E-state index is 12.2. The Balaban J connectivity index is 1.99. The van der Waals surface area contributed by atoms with E-state index in [9.17, 15) is 13.2 Å². The van der Waals surface area contributed by atoms with Gasteiger partial charge < -0.3 is 14.8 Å². The van der Waals surface area contributed by atoms with E-state index in [1.54, 1.807) is 18.2 Å². The molecule has 0 aromatic heterocycles. The molecule has 6 heteroatoms. The Bertz CT molecular complexity index is 431. The van der Waals surface area contributed by atoms with Crippen molar-refractivity contribution in [3.8, 4) is 5.75 Å². The summed E-state index contributed by atoms with van der Waals surface area (Å²) < 4.78 is 46.8. The van der Waals surface area contributed by atoms with Crippen LogP contribution in [0, 0.1) is 5.92 Å². The van der Waals surface area contributed by atoms with Crippen molar-refractivity contribution in [2.24, 2.45) is 5.92 Å². The molecule has 2 atom stereocenters. The van der Waals surface area contributed by atoms with E-state index in [-0.39, 0.29) is 11.8 Å². The van der Waals surface area contributed by atoms with Gasteiger partial charge in [-0.05, 0) is 25.5 Å². The largest absolute Gasteiger partial charge is 0.482 e. The number of hydrogen-bond acceptors (Lipinski definition) is 3. The maximum Gasteiger partial charge on any atom is 0.422 e. The fourth-order valence-corrected chi connectivity index (χ4v) is 2.18. The summed E-state index contributed by atoms with van der Waals surface area (Å²) in [5.74, 6) is 0.585. The third-order valence-electron chi connectivity index (χ3n) is 3.33. The Hall–Kier alpha value is -1.43. The molecule has 0 spiro atoms. The van der Waals surface area contributed by atoms with E-state index in [0.29, 0.717) is 18.2 Å². The quantitative estimate of drug-likeness (QED) is 0.900. The second kappa shape index (κ2) is 6.35. The molecule has 1 heterocycles. The van der Waals surface area contributed by atoms with E-state index in [1.165, 1.54) is 6.07 Å². The normalized spacial score (nSPS) is 20.7. The van der Waals surface area contributed by atoms with Crippen LogP contribution < -0.4 is 10.1 Å². The van der Waals surface area contributed by atoms with Crippen LogP contribution >= 0.6 is 0 Å². The fraction of sp³-hybridized carbons (Fsp3) is 0.571. The van der Waals surface area contributed by atoms with Gasteiger partial charge in [0, 0.05) is 18.6 Å². The highest BCUT2D eigenvalue weighted by molar-refractivity contribution is 5.56. The average molecular weight is 289 g/mol. The first kappa shape index (κ1) is 15.0. The highest BCUT2D eigenvalue weighted by atomic mass is 19.4. The number of rotatable bonds is 5. The van der Waals surface area contributed by atoms with Crippen LogP contribution in [-0.2, 0) is 4.74 Å². The van der Waals surface area contributed by atoms with Crippen LogP contribution in [0.3, 0.4) is 0 Å². The van der Waals surface area contributed by atoms with E-state index < -0.39 is 12.8 Å². The van der Waals surface area contributed by atoms with E-state index in [1.807, 2.05) is 6.92 Å². The number of hydrogen-bond donors (Lipinski definition) is 1. The van der Waals surface area contributed by atoms with Crippen molar-refractivity contribution in [1.29, 1.82) is 0 Å². The van der Waals surface area contributed by atoms with Crippen LogP contribution in [0.1, 0.15) is 13.3 Å². The molecule has 0 radical (unpaired) electrons. The predicted octanol–water partition coefficient (Wildman–Crippen LogP) is 3.46. The minimum atomic E-state index is -4.34. The van der Waals surface area contributed by atoms with Gasteiger partial charge in [0.05, 0.1) is 12.3 Å². The van der Waals surface area contributed by atoms with Crippen LogP contribution in [0.4, 0.5) is 18.9 Å². The standard InChI is InChI=1S/C14H18F3NO2/c1-10(11-6-7-19-8-11)18-12-4-2-3-5-13(12)20-9-14(15,16)17/h2-5,10-11,18H,6-9H2,1H3. The molecule has 1 saturated heterocycles. The Morgan fingerprint density at radius 1 is 1.40 bits per heavy atom. The van der Waals surface area contributed by atoms with Gasteiger partial charge in [-0.3, -0.25) is 0 Å². The van der Waals surface area contributed by atoms with Gasteiger partial charge in [0.25, 0.3) is 0 Å². The van der Waals surface area contributed by atoms with Gasteiger partial charge in [-0.2, -0.15) is 13.2 Å². The molecule has 3 nitrogen and oxygen atoms in total. The number of ether oxygens (including phenoxy) is 2. The zero-order valence-corrected chi connectivity index (χ0v) is 11.2. The molecular formula is C14H18F3NO2. The lowest BCUT2D eigenvalue weighted by Gasteiger charge is -2.22. The molecule has 112 valence electrons. The summed E-state index contributed by atoms with van der Waals surface area (Å²) in [5.41, 5.74) is 0.580. The minimum absolute atomic E-state index is 0.119. The molecule has 2 rings (SSSR count).